The van der Waals surface area contributed by atoms with Crippen molar-refractivity contribution in [1.82, 2.24) is 0 Å². The highest BCUT2D eigenvalue weighted by molar-refractivity contribution is 5.13. The van der Waals surface area contributed by atoms with Crippen LogP contribution in [0.4, 0.5) is 0 Å². The van der Waals surface area contributed by atoms with Crippen LogP contribution in [-0.4, -0.2) is 46.5 Å². The van der Waals surface area contributed by atoms with Crippen molar-refractivity contribution in [3.8, 4) is 0 Å². The molecule has 0 spiro atoms. The molecule has 4 atom stereocenters. The Morgan fingerprint density at radius 1 is 1.22 bits per heavy atom. The average molecular weight is 254 g/mol. The molecule has 2 rings (SSSR count). The molecule has 1 unspecified atom stereocenters. The Bertz CT molecular complexity index is 356. The highest BCUT2D eigenvalue weighted by Crippen LogP contribution is 2.22. The van der Waals surface area contributed by atoms with Gasteiger partial charge in [0.25, 0.3) is 0 Å². The van der Waals surface area contributed by atoms with Gasteiger partial charge < -0.3 is 24.8 Å². The first kappa shape index (κ1) is 13.5. The highest BCUT2D eigenvalue weighted by atomic mass is 16.6. The summed E-state index contributed by atoms with van der Waals surface area (Å²) in [5.74, 6) is 0. The molecular formula is C13H18O5. The summed E-state index contributed by atoms with van der Waals surface area (Å²) in [5.41, 5.74) is 0.979. The molecule has 1 fully saturated rings. The van der Waals surface area contributed by atoms with Gasteiger partial charge in [0.2, 0.25) is 0 Å². The molecule has 1 saturated heterocycles. The minimum Gasteiger partial charge on any atom is -0.394 e. The predicted molar refractivity (Wildman–Crippen MR) is 63.6 cm³/mol. The Morgan fingerprint density at radius 3 is 2.61 bits per heavy atom. The number of ether oxygens (including phenoxy) is 2. The SMILES string of the molecule is OC[C@H]1OC(O)C[C@@H](O)[C@@H]1OCc1ccccc1. The molecule has 5 nitrogen and oxygen atoms in total. The minimum absolute atomic E-state index is 0.0932. The van der Waals surface area contributed by atoms with Crippen LogP contribution < -0.4 is 0 Å². The number of hydrogen-bond donors (Lipinski definition) is 3. The molecule has 18 heavy (non-hydrogen) atoms. The van der Waals surface area contributed by atoms with E-state index in [2.05, 4.69) is 0 Å². The van der Waals surface area contributed by atoms with Gasteiger partial charge in [-0.3, -0.25) is 0 Å². The zero-order valence-electron chi connectivity index (χ0n) is 9.98. The van der Waals surface area contributed by atoms with Crippen LogP contribution in [0.15, 0.2) is 30.3 Å². The third kappa shape index (κ3) is 3.28. The van der Waals surface area contributed by atoms with Gasteiger partial charge in [-0.2, -0.15) is 0 Å². The monoisotopic (exact) mass is 254 g/mol. The Labute approximate surface area is 106 Å². The fourth-order valence-corrected chi connectivity index (χ4v) is 2.06. The molecule has 0 aliphatic carbocycles. The number of aliphatic hydroxyl groups is 3. The van der Waals surface area contributed by atoms with Crippen LogP contribution in [0.25, 0.3) is 0 Å². The molecule has 1 aromatic rings. The first-order chi connectivity index (χ1) is 8.70. The molecule has 3 N–H and O–H groups in total. The van der Waals surface area contributed by atoms with E-state index in [0.29, 0.717) is 6.61 Å². The third-order valence-corrected chi connectivity index (χ3v) is 2.99. The molecule has 0 amide bonds. The molecule has 1 heterocycles. The second-order valence-electron chi connectivity index (χ2n) is 4.38. The molecule has 0 aromatic heterocycles. The van der Waals surface area contributed by atoms with Gasteiger partial charge in [0, 0.05) is 6.42 Å². The molecule has 0 saturated carbocycles. The molecular weight excluding hydrogens is 236 g/mol. The van der Waals surface area contributed by atoms with Crippen LogP contribution in [0, 0.1) is 0 Å². The molecule has 1 aliphatic rings. The van der Waals surface area contributed by atoms with Crippen molar-refractivity contribution in [2.45, 2.75) is 37.6 Å². The van der Waals surface area contributed by atoms with Gasteiger partial charge in [-0.15, -0.1) is 0 Å². The maximum atomic E-state index is 9.84. The van der Waals surface area contributed by atoms with Crippen molar-refractivity contribution in [2.24, 2.45) is 0 Å². The summed E-state index contributed by atoms with van der Waals surface area (Å²) in [6, 6.07) is 9.55. The van der Waals surface area contributed by atoms with Gasteiger partial charge in [-0.05, 0) is 5.56 Å². The number of benzene rings is 1. The lowest BCUT2D eigenvalue weighted by molar-refractivity contribution is -0.252. The normalized spacial score (nSPS) is 32.4. The fourth-order valence-electron chi connectivity index (χ4n) is 2.06. The Kier molecular flexibility index (Phi) is 4.68. The fraction of sp³-hybridized carbons (Fsp3) is 0.538. The first-order valence-corrected chi connectivity index (χ1v) is 5.98. The number of hydrogen-bond acceptors (Lipinski definition) is 5. The Balaban J connectivity index is 1.94. The summed E-state index contributed by atoms with van der Waals surface area (Å²) in [6.45, 7) is 0.0338. The van der Waals surface area contributed by atoms with E-state index < -0.39 is 24.6 Å². The summed E-state index contributed by atoms with van der Waals surface area (Å²) in [7, 11) is 0. The zero-order chi connectivity index (χ0) is 13.0. The van der Waals surface area contributed by atoms with Crippen molar-refractivity contribution in [3.05, 3.63) is 35.9 Å². The van der Waals surface area contributed by atoms with Crippen LogP contribution in [0.3, 0.4) is 0 Å². The lowest BCUT2D eigenvalue weighted by Gasteiger charge is -2.36. The van der Waals surface area contributed by atoms with Crippen LogP contribution in [0.1, 0.15) is 12.0 Å². The third-order valence-electron chi connectivity index (χ3n) is 2.99. The lowest BCUT2D eigenvalue weighted by Crippen LogP contribution is -2.51. The molecule has 1 aromatic carbocycles. The van der Waals surface area contributed by atoms with Gasteiger partial charge in [-0.1, -0.05) is 30.3 Å². The summed E-state index contributed by atoms with van der Waals surface area (Å²) in [5, 5.41) is 28.3. The van der Waals surface area contributed by atoms with Gasteiger partial charge >= 0.3 is 0 Å². The summed E-state index contributed by atoms with van der Waals surface area (Å²) in [6.07, 6.45) is -3.12. The largest absolute Gasteiger partial charge is 0.394 e. The average Bonchev–Trinajstić information content (AvgIpc) is 2.38. The van der Waals surface area contributed by atoms with Crippen molar-refractivity contribution >= 4 is 0 Å². The summed E-state index contributed by atoms with van der Waals surface area (Å²) < 4.78 is 10.7. The Hall–Kier alpha value is -0.980. The quantitative estimate of drug-likeness (QED) is 0.706. The van der Waals surface area contributed by atoms with Crippen molar-refractivity contribution in [2.75, 3.05) is 6.61 Å². The Morgan fingerprint density at radius 2 is 1.94 bits per heavy atom. The molecule has 1 aliphatic heterocycles. The molecule has 100 valence electrons. The van der Waals surface area contributed by atoms with E-state index in [0.717, 1.165) is 5.56 Å². The van der Waals surface area contributed by atoms with Crippen molar-refractivity contribution < 1.29 is 24.8 Å². The van der Waals surface area contributed by atoms with Crippen LogP contribution in [-0.2, 0) is 16.1 Å². The minimum atomic E-state index is -1.05. The van der Waals surface area contributed by atoms with Gasteiger partial charge in [0.05, 0.1) is 19.3 Å². The summed E-state index contributed by atoms with van der Waals surface area (Å²) >= 11 is 0. The maximum absolute atomic E-state index is 9.84. The molecule has 0 radical (unpaired) electrons. The number of rotatable bonds is 4. The van der Waals surface area contributed by atoms with E-state index >= 15 is 0 Å². The summed E-state index contributed by atoms with van der Waals surface area (Å²) in [4.78, 5) is 0. The van der Waals surface area contributed by atoms with Gasteiger partial charge in [0.15, 0.2) is 6.29 Å². The maximum Gasteiger partial charge on any atom is 0.157 e. The predicted octanol–water partition coefficient (Wildman–Crippen LogP) is 0.0323. The van der Waals surface area contributed by atoms with E-state index in [1.807, 2.05) is 30.3 Å². The van der Waals surface area contributed by atoms with E-state index in [1.165, 1.54) is 0 Å². The lowest BCUT2D eigenvalue weighted by atomic mass is 10.0. The standard InChI is InChI=1S/C13H18O5/c14-7-11-13(10(15)6-12(16)18-11)17-8-9-4-2-1-3-5-9/h1-5,10-16H,6-8H2/t10-,11-,12?,13+/m1/s1. The second-order valence-corrected chi connectivity index (χ2v) is 4.38. The van der Waals surface area contributed by atoms with E-state index in [4.69, 9.17) is 14.6 Å². The van der Waals surface area contributed by atoms with Gasteiger partial charge in [-0.25, -0.2) is 0 Å². The van der Waals surface area contributed by atoms with E-state index in [1.54, 1.807) is 0 Å². The van der Waals surface area contributed by atoms with Crippen LogP contribution >= 0.6 is 0 Å². The van der Waals surface area contributed by atoms with Gasteiger partial charge in [0.1, 0.15) is 12.2 Å². The highest BCUT2D eigenvalue weighted by Gasteiger charge is 2.37. The second kappa shape index (κ2) is 6.26. The van der Waals surface area contributed by atoms with Crippen molar-refractivity contribution in [1.29, 1.82) is 0 Å². The van der Waals surface area contributed by atoms with E-state index in [9.17, 15) is 10.2 Å². The molecule has 5 heteroatoms. The smallest absolute Gasteiger partial charge is 0.157 e. The number of aliphatic hydroxyl groups excluding tert-OH is 3. The van der Waals surface area contributed by atoms with Crippen molar-refractivity contribution in [3.63, 3.8) is 0 Å². The first-order valence-electron chi connectivity index (χ1n) is 5.98. The molecule has 0 bridgehead atoms. The van der Waals surface area contributed by atoms with E-state index in [-0.39, 0.29) is 13.0 Å². The zero-order valence-corrected chi connectivity index (χ0v) is 9.98. The van der Waals surface area contributed by atoms with Crippen LogP contribution in [0.5, 0.6) is 0 Å². The van der Waals surface area contributed by atoms with Crippen LogP contribution in [0.2, 0.25) is 0 Å². The topological polar surface area (TPSA) is 79.2 Å².